The molecule has 1 heterocycles. The topological polar surface area (TPSA) is 79.4 Å². The monoisotopic (exact) mass is 284 g/mol. The Labute approximate surface area is 122 Å². The zero-order chi connectivity index (χ0) is 15.1. The largest absolute Gasteiger partial charge is 0.496 e. The number of anilines is 1. The van der Waals surface area contributed by atoms with Crippen LogP contribution in [0.15, 0.2) is 46.3 Å². The van der Waals surface area contributed by atoms with Crippen molar-refractivity contribution in [1.29, 1.82) is 0 Å². The molecule has 0 aliphatic heterocycles. The molecule has 1 aromatic heterocycles. The highest BCUT2D eigenvalue weighted by Crippen LogP contribution is 2.18. The smallest absolute Gasteiger partial charge is 0.252 e. The summed E-state index contributed by atoms with van der Waals surface area (Å²) in [7, 11) is 1.63. The van der Waals surface area contributed by atoms with E-state index in [2.05, 4.69) is 20.5 Å². The van der Waals surface area contributed by atoms with Crippen molar-refractivity contribution in [3.05, 3.63) is 58.0 Å². The molecule has 0 spiro atoms. The van der Waals surface area contributed by atoms with E-state index in [1.165, 1.54) is 6.07 Å². The molecular weight excluding hydrogens is 268 g/mol. The number of aromatic nitrogens is 2. The lowest BCUT2D eigenvalue weighted by Crippen LogP contribution is -2.10. The molecule has 108 valence electrons. The third kappa shape index (κ3) is 4.31. The minimum atomic E-state index is -0.218. The fraction of sp³-hybridized carbons (Fsp3) is 0.133. The Morgan fingerprint density at radius 3 is 2.95 bits per heavy atom. The fourth-order valence-electron chi connectivity index (χ4n) is 1.72. The van der Waals surface area contributed by atoms with Gasteiger partial charge in [0.25, 0.3) is 5.56 Å². The molecule has 6 heteroatoms. The van der Waals surface area contributed by atoms with Crippen LogP contribution in [0.1, 0.15) is 11.3 Å². The van der Waals surface area contributed by atoms with Crippen LogP contribution < -0.4 is 15.7 Å². The molecule has 0 bridgehead atoms. The van der Waals surface area contributed by atoms with Crippen molar-refractivity contribution in [2.24, 2.45) is 5.10 Å². The van der Waals surface area contributed by atoms with Crippen LogP contribution in [0, 0.1) is 6.92 Å². The minimum absolute atomic E-state index is 0.218. The maximum Gasteiger partial charge on any atom is 0.252 e. The Morgan fingerprint density at radius 1 is 1.38 bits per heavy atom. The molecule has 0 aliphatic rings. The van der Waals surface area contributed by atoms with Crippen LogP contribution in [0.3, 0.4) is 0 Å². The second kappa shape index (κ2) is 7.04. The van der Waals surface area contributed by atoms with E-state index in [0.717, 1.165) is 11.3 Å². The normalized spacial score (nSPS) is 11.1. The SMILES string of the molecule is COc1ccccc1C=CC=NNc1nc(C)cc(=O)[nH]1. The first-order valence-electron chi connectivity index (χ1n) is 6.36. The maximum absolute atomic E-state index is 11.2. The van der Waals surface area contributed by atoms with E-state index in [9.17, 15) is 4.79 Å². The molecule has 6 nitrogen and oxygen atoms in total. The molecule has 0 radical (unpaired) electrons. The van der Waals surface area contributed by atoms with E-state index in [1.54, 1.807) is 26.3 Å². The summed E-state index contributed by atoms with van der Waals surface area (Å²) in [6.45, 7) is 1.74. The number of aryl methyl sites for hydroxylation is 1. The molecule has 0 saturated heterocycles. The van der Waals surface area contributed by atoms with Crippen LogP contribution >= 0.6 is 0 Å². The Morgan fingerprint density at radius 2 is 2.19 bits per heavy atom. The predicted octanol–water partition coefficient (Wildman–Crippen LogP) is 2.20. The number of benzene rings is 1. The van der Waals surface area contributed by atoms with Gasteiger partial charge >= 0.3 is 0 Å². The van der Waals surface area contributed by atoms with Crippen LogP contribution in [-0.4, -0.2) is 23.3 Å². The number of H-pyrrole nitrogens is 1. The van der Waals surface area contributed by atoms with Crippen molar-refractivity contribution in [2.75, 3.05) is 12.5 Å². The Balaban J connectivity index is 1.99. The van der Waals surface area contributed by atoms with Gasteiger partial charge in [0.05, 0.1) is 7.11 Å². The van der Waals surface area contributed by atoms with Crippen LogP contribution in [0.5, 0.6) is 5.75 Å². The van der Waals surface area contributed by atoms with Gasteiger partial charge in [0.15, 0.2) is 0 Å². The summed E-state index contributed by atoms with van der Waals surface area (Å²) in [6, 6.07) is 9.08. The van der Waals surface area contributed by atoms with E-state index >= 15 is 0 Å². The van der Waals surface area contributed by atoms with Crippen LogP contribution in [0.2, 0.25) is 0 Å². The molecular formula is C15H16N4O2. The lowest BCUT2D eigenvalue weighted by atomic mass is 10.2. The van der Waals surface area contributed by atoms with Gasteiger partial charge in [0, 0.05) is 23.5 Å². The van der Waals surface area contributed by atoms with Gasteiger partial charge in [-0.2, -0.15) is 5.10 Å². The number of hydrogen-bond acceptors (Lipinski definition) is 5. The average Bonchev–Trinajstić information content (AvgIpc) is 2.46. The Bertz CT molecular complexity index is 720. The van der Waals surface area contributed by atoms with Gasteiger partial charge in [0.2, 0.25) is 5.95 Å². The zero-order valence-corrected chi connectivity index (χ0v) is 11.8. The highest BCUT2D eigenvalue weighted by Gasteiger charge is 1.96. The predicted molar refractivity (Wildman–Crippen MR) is 83.7 cm³/mol. The summed E-state index contributed by atoms with van der Waals surface area (Å²) >= 11 is 0. The average molecular weight is 284 g/mol. The number of hydrogen-bond donors (Lipinski definition) is 2. The lowest BCUT2D eigenvalue weighted by Gasteiger charge is -2.02. The number of rotatable bonds is 5. The molecule has 0 atom stereocenters. The Hall–Kier alpha value is -2.89. The van der Waals surface area contributed by atoms with Gasteiger partial charge in [-0.15, -0.1) is 0 Å². The summed E-state index contributed by atoms with van der Waals surface area (Å²) in [5, 5.41) is 3.96. The van der Waals surface area contributed by atoms with Gasteiger partial charge in [-0.05, 0) is 25.1 Å². The molecule has 2 aromatic rings. The number of allylic oxidation sites excluding steroid dienone is 1. The molecule has 2 N–H and O–H groups in total. The third-order valence-corrected chi connectivity index (χ3v) is 2.62. The maximum atomic E-state index is 11.2. The molecule has 1 aromatic carbocycles. The van der Waals surface area contributed by atoms with E-state index in [4.69, 9.17) is 4.74 Å². The standard InChI is InChI=1S/C15H16N4O2/c1-11-10-14(20)18-15(17-11)19-16-9-5-7-12-6-3-4-8-13(12)21-2/h3-10H,1-2H3,(H2,17,18,19,20). The van der Waals surface area contributed by atoms with Crippen molar-refractivity contribution >= 4 is 18.2 Å². The number of nitrogens with zero attached hydrogens (tertiary/aromatic N) is 2. The van der Waals surface area contributed by atoms with Gasteiger partial charge in [-0.3, -0.25) is 9.78 Å². The second-order valence-corrected chi connectivity index (χ2v) is 4.23. The number of nitrogens with one attached hydrogen (secondary N) is 2. The van der Waals surface area contributed by atoms with E-state index in [1.807, 2.05) is 30.3 Å². The highest BCUT2D eigenvalue weighted by molar-refractivity contribution is 5.79. The van der Waals surface area contributed by atoms with Gasteiger partial charge in [0.1, 0.15) is 5.75 Å². The van der Waals surface area contributed by atoms with Crippen LogP contribution in [0.4, 0.5) is 5.95 Å². The number of ether oxygens (including phenoxy) is 1. The first kappa shape index (κ1) is 14.5. The van der Waals surface area contributed by atoms with Crippen molar-refractivity contribution < 1.29 is 4.74 Å². The van der Waals surface area contributed by atoms with E-state index in [0.29, 0.717) is 11.6 Å². The third-order valence-electron chi connectivity index (χ3n) is 2.62. The van der Waals surface area contributed by atoms with E-state index in [-0.39, 0.29) is 5.56 Å². The summed E-state index contributed by atoms with van der Waals surface area (Å²) in [5.74, 6) is 1.10. The van der Waals surface area contributed by atoms with Crippen LogP contribution in [-0.2, 0) is 0 Å². The first-order chi connectivity index (χ1) is 10.2. The van der Waals surface area contributed by atoms with Crippen LogP contribution in [0.25, 0.3) is 6.08 Å². The number of para-hydroxylation sites is 1. The number of aromatic amines is 1. The Kier molecular flexibility index (Phi) is 4.87. The molecule has 0 fully saturated rings. The number of methoxy groups -OCH3 is 1. The molecule has 2 rings (SSSR count). The first-order valence-corrected chi connectivity index (χ1v) is 6.36. The summed E-state index contributed by atoms with van der Waals surface area (Å²) < 4.78 is 5.24. The highest BCUT2D eigenvalue weighted by atomic mass is 16.5. The molecule has 0 amide bonds. The van der Waals surface area contributed by atoms with Gasteiger partial charge < -0.3 is 4.74 Å². The second-order valence-electron chi connectivity index (χ2n) is 4.23. The van der Waals surface area contributed by atoms with Gasteiger partial charge in [-0.25, -0.2) is 10.4 Å². The molecule has 0 saturated carbocycles. The number of hydrazone groups is 1. The van der Waals surface area contributed by atoms with E-state index < -0.39 is 0 Å². The quantitative estimate of drug-likeness (QED) is 0.651. The lowest BCUT2D eigenvalue weighted by molar-refractivity contribution is 0.414. The molecule has 21 heavy (non-hydrogen) atoms. The summed E-state index contributed by atoms with van der Waals surface area (Å²) in [4.78, 5) is 17.9. The zero-order valence-electron chi connectivity index (χ0n) is 11.8. The van der Waals surface area contributed by atoms with Crippen molar-refractivity contribution in [1.82, 2.24) is 9.97 Å². The van der Waals surface area contributed by atoms with Crippen molar-refractivity contribution in [3.63, 3.8) is 0 Å². The summed E-state index contributed by atoms with van der Waals surface area (Å²) in [6.07, 6.45) is 5.20. The van der Waals surface area contributed by atoms with Crippen molar-refractivity contribution in [3.8, 4) is 5.75 Å². The van der Waals surface area contributed by atoms with Gasteiger partial charge in [-0.1, -0.05) is 18.2 Å². The molecule has 0 aliphatic carbocycles. The van der Waals surface area contributed by atoms with Crippen molar-refractivity contribution in [2.45, 2.75) is 6.92 Å². The summed E-state index contributed by atoms with van der Waals surface area (Å²) in [5.41, 5.74) is 4.02. The fourth-order valence-corrected chi connectivity index (χ4v) is 1.72. The molecule has 0 unspecified atom stereocenters. The minimum Gasteiger partial charge on any atom is -0.496 e.